The van der Waals surface area contributed by atoms with E-state index < -0.39 is 0 Å². The second kappa shape index (κ2) is 5.43. The van der Waals surface area contributed by atoms with Crippen LogP contribution in [0.25, 0.3) is 0 Å². The van der Waals surface area contributed by atoms with Crippen LogP contribution >= 0.6 is 15.9 Å². The van der Waals surface area contributed by atoms with Gasteiger partial charge in [0.05, 0.1) is 5.69 Å². The fraction of sp³-hybridized carbons (Fsp3) is 0.692. The zero-order valence-corrected chi connectivity index (χ0v) is 12.8. The van der Waals surface area contributed by atoms with Crippen molar-refractivity contribution < 1.29 is 4.79 Å². The Balaban J connectivity index is 2.23. The number of aromatic nitrogens is 2. The van der Waals surface area contributed by atoms with Gasteiger partial charge in [-0.3, -0.25) is 9.48 Å². The van der Waals surface area contributed by atoms with Crippen LogP contribution in [-0.2, 0) is 13.5 Å². The molecule has 1 fully saturated rings. The van der Waals surface area contributed by atoms with Crippen molar-refractivity contribution in [1.29, 1.82) is 0 Å². The highest BCUT2D eigenvalue weighted by Crippen LogP contribution is 2.27. The van der Waals surface area contributed by atoms with Gasteiger partial charge in [-0.2, -0.15) is 5.10 Å². The maximum absolute atomic E-state index is 12.6. The fourth-order valence-corrected chi connectivity index (χ4v) is 3.53. The number of alkyl halides is 1. The molecule has 1 saturated heterocycles. The summed E-state index contributed by atoms with van der Waals surface area (Å²) in [4.78, 5) is 14.5. The largest absolute Gasteiger partial charge is 0.333 e. The Labute approximate surface area is 116 Å². The molecule has 2 atom stereocenters. The second-order valence-electron chi connectivity index (χ2n) is 4.98. The molecule has 5 heteroatoms. The standard InChI is InChI=1S/C13H20BrN3O/c1-4-10-7-11(16(3)15-10)13(18)17-6-5-9(2)12(17)8-14/h7,9,12H,4-6,8H2,1-3H3. The molecule has 1 aliphatic heterocycles. The highest BCUT2D eigenvalue weighted by Gasteiger charge is 2.35. The van der Waals surface area contributed by atoms with E-state index in [9.17, 15) is 4.79 Å². The molecular formula is C13H20BrN3O. The molecule has 2 heterocycles. The van der Waals surface area contributed by atoms with Gasteiger partial charge < -0.3 is 4.90 Å². The van der Waals surface area contributed by atoms with E-state index in [-0.39, 0.29) is 5.91 Å². The van der Waals surface area contributed by atoms with Gasteiger partial charge in [-0.15, -0.1) is 0 Å². The lowest BCUT2D eigenvalue weighted by molar-refractivity contribution is 0.0727. The van der Waals surface area contributed by atoms with Crippen molar-refractivity contribution in [2.24, 2.45) is 13.0 Å². The summed E-state index contributed by atoms with van der Waals surface area (Å²) >= 11 is 3.52. The fourth-order valence-electron chi connectivity index (χ4n) is 2.54. The molecular weight excluding hydrogens is 294 g/mol. The van der Waals surface area contributed by atoms with Crippen LogP contribution < -0.4 is 0 Å². The highest BCUT2D eigenvalue weighted by molar-refractivity contribution is 9.09. The Morgan fingerprint density at radius 2 is 2.33 bits per heavy atom. The van der Waals surface area contributed by atoms with Crippen LogP contribution in [0.4, 0.5) is 0 Å². The van der Waals surface area contributed by atoms with Gasteiger partial charge in [-0.05, 0) is 24.8 Å². The number of carbonyl (C=O) groups is 1. The topological polar surface area (TPSA) is 38.1 Å². The summed E-state index contributed by atoms with van der Waals surface area (Å²) in [5, 5.41) is 5.19. The van der Waals surface area contributed by atoms with Crippen LogP contribution in [-0.4, -0.2) is 38.5 Å². The van der Waals surface area contributed by atoms with Gasteiger partial charge in [0, 0.05) is 25.0 Å². The van der Waals surface area contributed by atoms with E-state index in [1.165, 1.54) is 0 Å². The highest BCUT2D eigenvalue weighted by atomic mass is 79.9. The van der Waals surface area contributed by atoms with Crippen molar-refractivity contribution in [3.8, 4) is 0 Å². The Kier molecular flexibility index (Phi) is 4.10. The lowest BCUT2D eigenvalue weighted by atomic mass is 10.1. The summed E-state index contributed by atoms with van der Waals surface area (Å²) in [7, 11) is 1.84. The lowest BCUT2D eigenvalue weighted by Crippen LogP contribution is -2.39. The summed E-state index contributed by atoms with van der Waals surface area (Å²) < 4.78 is 1.70. The van der Waals surface area contributed by atoms with Crippen molar-refractivity contribution in [2.75, 3.05) is 11.9 Å². The van der Waals surface area contributed by atoms with Crippen molar-refractivity contribution in [3.63, 3.8) is 0 Å². The Morgan fingerprint density at radius 1 is 1.61 bits per heavy atom. The first-order valence-corrected chi connectivity index (χ1v) is 7.60. The minimum atomic E-state index is 0.110. The van der Waals surface area contributed by atoms with Gasteiger partial charge in [0.15, 0.2) is 0 Å². The maximum Gasteiger partial charge on any atom is 0.272 e. The molecule has 2 rings (SSSR count). The summed E-state index contributed by atoms with van der Waals surface area (Å²) in [5.41, 5.74) is 1.68. The Morgan fingerprint density at radius 3 is 2.89 bits per heavy atom. The minimum Gasteiger partial charge on any atom is -0.333 e. The van der Waals surface area contributed by atoms with Gasteiger partial charge >= 0.3 is 0 Å². The van der Waals surface area contributed by atoms with Crippen LogP contribution in [0.2, 0.25) is 0 Å². The number of rotatable bonds is 3. The van der Waals surface area contributed by atoms with E-state index in [1.54, 1.807) is 4.68 Å². The van der Waals surface area contributed by atoms with Crippen LogP contribution in [0.15, 0.2) is 6.07 Å². The summed E-state index contributed by atoms with van der Waals surface area (Å²) in [6.07, 6.45) is 1.94. The van der Waals surface area contributed by atoms with E-state index in [0.717, 1.165) is 30.4 Å². The van der Waals surface area contributed by atoms with Gasteiger partial charge in [0.2, 0.25) is 0 Å². The quantitative estimate of drug-likeness (QED) is 0.803. The maximum atomic E-state index is 12.6. The molecule has 0 aliphatic carbocycles. The summed E-state index contributed by atoms with van der Waals surface area (Å²) in [6.45, 7) is 5.11. The van der Waals surface area contributed by atoms with Crippen molar-refractivity contribution in [1.82, 2.24) is 14.7 Å². The number of halogens is 1. The molecule has 0 aromatic carbocycles. The Bertz CT molecular complexity index is 443. The number of likely N-dealkylation sites (tertiary alicyclic amines) is 1. The van der Waals surface area contributed by atoms with Crippen LogP contribution in [0.1, 0.15) is 36.5 Å². The van der Waals surface area contributed by atoms with Gasteiger partial charge in [-0.25, -0.2) is 0 Å². The summed E-state index contributed by atoms with van der Waals surface area (Å²) in [6, 6.07) is 2.22. The molecule has 1 amide bonds. The number of hydrogen-bond donors (Lipinski definition) is 0. The summed E-state index contributed by atoms with van der Waals surface area (Å²) in [5.74, 6) is 0.672. The SMILES string of the molecule is CCc1cc(C(=O)N2CCC(C)C2CBr)n(C)n1. The third kappa shape index (κ3) is 2.32. The van der Waals surface area contributed by atoms with E-state index in [2.05, 4.69) is 34.9 Å². The van der Waals surface area contributed by atoms with E-state index >= 15 is 0 Å². The molecule has 0 saturated carbocycles. The molecule has 0 spiro atoms. The van der Waals surface area contributed by atoms with Crippen LogP contribution in [0.3, 0.4) is 0 Å². The third-order valence-corrected chi connectivity index (χ3v) is 4.48. The zero-order chi connectivity index (χ0) is 13.3. The molecule has 1 aliphatic rings. The number of nitrogens with zero attached hydrogens (tertiary/aromatic N) is 3. The van der Waals surface area contributed by atoms with Gasteiger partial charge in [-0.1, -0.05) is 29.8 Å². The number of hydrogen-bond acceptors (Lipinski definition) is 2. The molecule has 100 valence electrons. The number of carbonyl (C=O) groups excluding carboxylic acids is 1. The zero-order valence-electron chi connectivity index (χ0n) is 11.2. The molecule has 1 aromatic heterocycles. The molecule has 2 unspecified atom stereocenters. The lowest BCUT2D eigenvalue weighted by Gasteiger charge is -2.25. The third-order valence-electron chi connectivity index (χ3n) is 3.81. The second-order valence-corrected chi connectivity index (χ2v) is 5.63. The van der Waals surface area contributed by atoms with Gasteiger partial charge in [0.25, 0.3) is 5.91 Å². The van der Waals surface area contributed by atoms with E-state index in [1.807, 2.05) is 18.0 Å². The molecule has 0 radical (unpaired) electrons. The molecule has 4 nitrogen and oxygen atoms in total. The predicted molar refractivity (Wildman–Crippen MR) is 75.0 cm³/mol. The average Bonchev–Trinajstić information content (AvgIpc) is 2.91. The first-order chi connectivity index (χ1) is 8.58. The van der Waals surface area contributed by atoms with Crippen LogP contribution in [0.5, 0.6) is 0 Å². The Hall–Kier alpha value is -0.840. The number of amides is 1. The van der Waals surface area contributed by atoms with Crippen molar-refractivity contribution in [3.05, 3.63) is 17.5 Å². The number of aryl methyl sites for hydroxylation is 2. The van der Waals surface area contributed by atoms with E-state index in [0.29, 0.717) is 17.7 Å². The first-order valence-electron chi connectivity index (χ1n) is 6.48. The van der Waals surface area contributed by atoms with Crippen molar-refractivity contribution in [2.45, 2.75) is 32.7 Å². The molecule has 0 bridgehead atoms. The average molecular weight is 314 g/mol. The van der Waals surface area contributed by atoms with Gasteiger partial charge in [0.1, 0.15) is 5.69 Å². The monoisotopic (exact) mass is 313 g/mol. The predicted octanol–water partition coefficient (Wildman–Crippen LogP) is 2.23. The van der Waals surface area contributed by atoms with Crippen LogP contribution in [0, 0.1) is 5.92 Å². The van der Waals surface area contributed by atoms with Crippen molar-refractivity contribution >= 4 is 21.8 Å². The minimum absolute atomic E-state index is 0.110. The normalized spacial score (nSPS) is 23.7. The molecule has 18 heavy (non-hydrogen) atoms. The smallest absolute Gasteiger partial charge is 0.272 e. The molecule has 1 aromatic rings. The molecule has 0 N–H and O–H groups in total. The van der Waals surface area contributed by atoms with E-state index in [4.69, 9.17) is 0 Å². The first kappa shape index (κ1) is 13.6.